The Hall–Kier alpha value is -3.51. The quantitative estimate of drug-likeness (QED) is 0.460. The Morgan fingerprint density at radius 3 is 2.54 bits per heavy atom. The molecule has 5 rings (SSSR count). The van der Waals surface area contributed by atoms with Gasteiger partial charge in [-0.25, -0.2) is 4.39 Å². The standard InChI is InChI=1S/C29H30FNO4/c1-18(31-13-12-22(30)16-31)17-34-25-9-6-20(7-10-25)29-28(21-4-3-5-23(32)14-21)19(2)26-15-24(33)8-11-27(26)35-29/h3-11,14-15,18,22,29,32-33H,12-13,16-17H2,1-2H3/t18-,22+,29?/m0/s1. The van der Waals surface area contributed by atoms with E-state index in [9.17, 15) is 14.6 Å². The fourth-order valence-electron chi connectivity index (χ4n) is 4.92. The highest BCUT2D eigenvalue weighted by molar-refractivity contribution is 5.95. The lowest BCUT2D eigenvalue weighted by Crippen LogP contribution is -2.35. The number of phenols is 2. The minimum atomic E-state index is -0.737. The van der Waals surface area contributed by atoms with Crippen LogP contribution in [0.4, 0.5) is 4.39 Å². The number of alkyl halides is 1. The molecular formula is C29H30FNO4. The summed E-state index contributed by atoms with van der Waals surface area (Å²) in [4.78, 5) is 2.12. The van der Waals surface area contributed by atoms with Gasteiger partial charge < -0.3 is 19.7 Å². The summed E-state index contributed by atoms with van der Waals surface area (Å²) in [6.45, 7) is 5.81. The molecular weight excluding hydrogens is 445 g/mol. The summed E-state index contributed by atoms with van der Waals surface area (Å²) >= 11 is 0. The maximum atomic E-state index is 13.5. The zero-order valence-corrected chi connectivity index (χ0v) is 19.9. The van der Waals surface area contributed by atoms with Crippen LogP contribution in [0.25, 0.3) is 11.1 Å². The van der Waals surface area contributed by atoms with E-state index in [0.29, 0.717) is 25.3 Å². The second-order valence-corrected chi connectivity index (χ2v) is 9.38. The van der Waals surface area contributed by atoms with Crippen molar-refractivity contribution in [2.75, 3.05) is 19.7 Å². The lowest BCUT2D eigenvalue weighted by molar-refractivity contribution is 0.163. The molecule has 0 saturated carbocycles. The first-order valence-corrected chi connectivity index (χ1v) is 12.0. The largest absolute Gasteiger partial charge is 0.508 e. The van der Waals surface area contributed by atoms with E-state index in [1.54, 1.807) is 30.3 Å². The average Bonchev–Trinajstić information content (AvgIpc) is 3.29. The molecule has 3 atom stereocenters. The van der Waals surface area contributed by atoms with Crippen molar-refractivity contribution in [1.29, 1.82) is 0 Å². The van der Waals surface area contributed by atoms with E-state index in [-0.39, 0.29) is 17.5 Å². The molecule has 35 heavy (non-hydrogen) atoms. The Kier molecular flexibility index (Phi) is 6.39. The zero-order valence-electron chi connectivity index (χ0n) is 19.9. The molecule has 0 amide bonds. The molecule has 0 aliphatic carbocycles. The molecule has 2 heterocycles. The lowest BCUT2D eigenvalue weighted by atomic mass is 9.86. The van der Waals surface area contributed by atoms with Crippen LogP contribution in [0, 0.1) is 0 Å². The van der Waals surface area contributed by atoms with Crippen molar-refractivity contribution in [3.63, 3.8) is 0 Å². The van der Waals surface area contributed by atoms with E-state index in [2.05, 4.69) is 11.8 Å². The number of nitrogens with zero attached hydrogens (tertiary/aromatic N) is 1. The van der Waals surface area contributed by atoms with E-state index >= 15 is 0 Å². The number of rotatable bonds is 6. The van der Waals surface area contributed by atoms with Gasteiger partial charge in [-0.1, -0.05) is 24.3 Å². The highest BCUT2D eigenvalue weighted by Crippen LogP contribution is 2.47. The molecule has 6 heteroatoms. The van der Waals surface area contributed by atoms with E-state index in [4.69, 9.17) is 9.47 Å². The topological polar surface area (TPSA) is 62.2 Å². The third kappa shape index (κ3) is 4.84. The minimum Gasteiger partial charge on any atom is -0.508 e. The number of aromatic hydroxyl groups is 2. The van der Waals surface area contributed by atoms with Gasteiger partial charge in [-0.15, -0.1) is 0 Å². The van der Waals surface area contributed by atoms with Crippen LogP contribution in [0.5, 0.6) is 23.0 Å². The number of hydrogen-bond acceptors (Lipinski definition) is 5. The number of halogens is 1. The van der Waals surface area contributed by atoms with Crippen LogP contribution in [0.15, 0.2) is 66.7 Å². The molecule has 0 radical (unpaired) electrons. The monoisotopic (exact) mass is 475 g/mol. The van der Waals surface area contributed by atoms with Crippen molar-refractivity contribution in [2.24, 2.45) is 0 Å². The number of hydrogen-bond donors (Lipinski definition) is 2. The lowest BCUT2D eigenvalue weighted by Gasteiger charge is -2.31. The predicted molar refractivity (Wildman–Crippen MR) is 135 cm³/mol. The van der Waals surface area contributed by atoms with Gasteiger partial charge in [0.25, 0.3) is 0 Å². The normalized spacial score (nSPS) is 20.9. The summed E-state index contributed by atoms with van der Waals surface area (Å²) in [5.41, 5.74) is 4.53. The van der Waals surface area contributed by atoms with Gasteiger partial charge in [-0.05, 0) is 79.4 Å². The second kappa shape index (κ2) is 9.62. The van der Waals surface area contributed by atoms with Crippen LogP contribution < -0.4 is 9.47 Å². The molecule has 182 valence electrons. The van der Waals surface area contributed by atoms with E-state index < -0.39 is 12.3 Å². The summed E-state index contributed by atoms with van der Waals surface area (Å²) in [5.74, 6) is 1.79. The smallest absolute Gasteiger partial charge is 0.150 e. The van der Waals surface area contributed by atoms with E-state index in [1.807, 2.05) is 43.3 Å². The van der Waals surface area contributed by atoms with Crippen molar-refractivity contribution in [1.82, 2.24) is 4.90 Å². The molecule has 0 bridgehead atoms. The van der Waals surface area contributed by atoms with Crippen LogP contribution >= 0.6 is 0 Å². The van der Waals surface area contributed by atoms with Crippen LogP contribution in [-0.4, -0.2) is 47.0 Å². The number of likely N-dealkylation sites (tertiary alicyclic amines) is 1. The zero-order chi connectivity index (χ0) is 24.5. The number of fused-ring (bicyclic) bond motifs is 1. The summed E-state index contributed by atoms with van der Waals surface area (Å²) in [6.07, 6.45) is -0.538. The van der Waals surface area contributed by atoms with Crippen molar-refractivity contribution >= 4 is 11.1 Å². The Morgan fingerprint density at radius 2 is 1.83 bits per heavy atom. The third-order valence-corrected chi connectivity index (χ3v) is 6.89. The molecule has 2 aliphatic rings. The molecule has 3 aromatic rings. The Morgan fingerprint density at radius 1 is 1.06 bits per heavy atom. The Bertz CT molecular complexity index is 1240. The fraction of sp³-hybridized carbons (Fsp3) is 0.310. The molecule has 2 N–H and O–H groups in total. The molecule has 0 spiro atoms. The number of ether oxygens (including phenoxy) is 2. The van der Waals surface area contributed by atoms with Gasteiger partial charge in [-0.2, -0.15) is 0 Å². The van der Waals surface area contributed by atoms with Gasteiger partial charge in [-0.3, -0.25) is 4.90 Å². The molecule has 5 nitrogen and oxygen atoms in total. The second-order valence-electron chi connectivity index (χ2n) is 9.38. The Balaban J connectivity index is 1.41. The van der Waals surface area contributed by atoms with Crippen molar-refractivity contribution in [2.45, 2.75) is 38.6 Å². The van der Waals surface area contributed by atoms with Crippen LogP contribution in [0.1, 0.15) is 43.1 Å². The summed E-state index contributed by atoms with van der Waals surface area (Å²) in [5, 5.41) is 20.2. The first-order valence-electron chi connectivity index (χ1n) is 12.0. The van der Waals surface area contributed by atoms with E-state index in [1.165, 1.54) is 0 Å². The summed E-state index contributed by atoms with van der Waals surface area (Å²) < 4.78 is 25.9. The number of allylic oxidation sites excluding steroid dienone is 1. The number of benzene rings is 3. The third-order valence-electron chi connectivity index (χ3n) is 6.89. The van der Waals surface area contributed by atoms with Crippen molar-refractivity contribution in [3.05, 3.63) is 83.4 Å². The predicted octanol–water partition coefficient (Wildman–Crippen LogP) is 5.97. The van der Waals surface area contributed by atoms with Gasteiger partial charge in [0.2, 0.25) is 0 Å². The van der Waals surface area contributed by atoms with Crippen LogP contribution in [0.2, 0.25) is 0 Å². The van der Waals surface area contributed by atoms with Crippen LogP contribution in [-0.2, 0) is 0 Å². The molecule has 1 saturated heterocycles. The van der Waals surface area contributed by atoms with E-state index in [0.717, 1.165) is 40.1 Å². The molecule has 0 aromatic heterocycles. The molecule has 3 aromatic carbocycles. The maximum Gasteiger partial charge on any atom is 0.150 e. The van der Waals surface area contributed by atoms with Gasteiger partial charge in [0.15, 0.2) is 0 Å². The van der Waals surface area contributed by atoms with Gasteiger partial charge in [0, 0.05) is 30.3 Å². The first kappa shape index (κ1) is 23.2. The molecule has 2 aliphatic heterocycles. The van der Waals surface area contributed by atoms with Gasteiger partial charge in [0.1, 0.15) is 41.9 Å². The highest BCUT2D eigenvalue weighted by Gasteiger charge is 2.30. The van der Waals surface area contributed by atoms with Gasteiger partial charge >= 0.3 is 0 Å². The van der Waals surface area contributed by atoms with Crippen molar-refractivity contribution in [3.8, 4) is 23.0 Å². The molecule has 1 fully saturated rings. The summed E-state index contributed by atoms with van der Waals surface area (Å²) in [6, 6.07) is 20.2. The molecule has 1 unspecified atom stereocenters. The first-order chi connectivity index (χ1) is 16.9. The SMILES string of the molecule is CC1=C(c2cccc(O)c2)C(c2ccc(OC[C@H](C)N3CC[C@@H](F)C3)cc2)Oc2ccc(O)cc21. The Labute approximate surface area is 205 Å². The minimum absolute atomic E-state index is 0.146. The number of phenolic OH excluding ortho intramolecular Hbond substituents is 2. The highest BCUT2D eigenvalue weighted by atomic mass is 19.1. The fourth-order valence-corrected chi connectivity index (χ4v) is 4.92. The van der Waals surface area contributed by atoms with Gasteiger partial charge in [0.05, 0.1) is 0 Å². The van der Waals surface area contributed by atoms with Crippen molar-refractivity contribution < 1.29 is 24.1 Å². The summed E-state index contributed by atoms with van der Waals surface area (Å²) in [7, 11) is 0. The maximum absolute atomic E-state index is 13.5. The average molecular weight is 476 g/mol. The van der Waals surface area contributed by atoms with Crippen LogP contribution in [0.3, 0.4) is 0 Å².